The number of unbranched alkanes of at least 4 members (excludes halogenated alkanes) is 1. The van der Waals surface area contributed by atoms with E-state index < -0.39 is 0 Å². The van der Waals surface area contributed by atoms with Gasteiger partial charge in [0.2, 0.25) is 0 Å². The summed E-state index contributed by atoms with van der Waals surface area (Å²) in [7, 11) is 0. The quantitative estimate of drug-likeness (QED) is 0.567. The maximum absolute atomic E-state index is 14.0. The van der Waals surface area contributed by atoms with Crippen LogP contribution in [0.5, 0.6) is 5.75 Å². The fourth-order valence-corrected chi connectivity index (χ4v) is 3.59. The molecule has 1 aliphatic heterocycles. The van der Waals surface area contributed by atoms with E-state index in [4.69, 9.17) is 9.47 Å². The average Bonchev–Trinajstić information content (AvgIpc) is 2.78. The van der Waals surface area contributed by atoms with E-state index in [0.717, 1.165) is 24.2 Å². The van der Waals surface area contributed by atoms with Gasteiger partial charge in [-0.3, -0.25) is 4.79 Å². The molecule has 30 heavy (non-hydrogen) atoms. The largest absolute Gasteiger partial charge is 0.494 e. The van der Waals surface area contributed by atoms with Crippen LogP contribution in [0, 0.1) is 5.82 Å². The molecule has 1 saturated heterocycles. The third kappa shape index (κ3) is 5.51. The minimum atomic E-state index is -0.225. The summed E-state index contributed by atoms with van der Waals surface area (Å²) >= 11 is 0. The highest BCUT2D eigenvalue weighted by molar-refractivity contribution is 5.94. The second-order valence-corrected chi connectivity index (χ2v) is 7.39. The highest BCUT2D eigenvalue weighted by atomic mass is 19.1. The third-order valence-electron chi connectivity index (χ3n) is 5.27. The van der Waals surface area contributed by atoms with Crippen molar-refractivity contribution in [2.75, 3.05) is 44.3 Å². The Morgan fingerprint density at radius 3 is 2.53 bits per heavy atom. The van der Waals surface area contributed by atoms with Crippen LogP contribution in [0.2, 0.25) is 0 Å². The molecule has 6 heteroatoms. The molecule has 0 N–H and O–H groups in total. The van der Waals surface area contributed by atoms with E-state index in [2.05, 4.69) is 6.92 Å². The molecule has 0 bridgehead atoms. The zero-order chi connectivity index (χ0) is 21.3. The monoisotopic (exact) mass is 414 g/mol. The van der Waals surface area contributed by atoms with Gasteiger partial charge >= 0.3 is 0 Å². The summed E-state index contributed by atoms with van der Waals surface area (Å²) in [5, 5.41) is 0. The van der Waals surface area contributed by atoms with Gasteiger partial charge in [-0.2, -0.15) is 0 Å². The number of piperazine rings is 1. The Bertz CT molecular complexity index is 835. The minimum absolute atomic E-state index is 0.0129. The number of benzene rings is 2. The first-order valence-electron chi connectivity index (χ1n) is 10.8. The average molecular weight is 415 g/mol. The Morgan fingerprint density at radius 1 is 1.07 bits per heavy atom. The van der Waals surface area contributed by atoms with Crippen molar-refractivity contribution in [2.45, 2.75) is 33.3 Å². The first-order valence-corrected chi connectivity index (χ1v) is 10.8. The lowest BCUT2D eigenvalue weighted by atomic mass is 10.1. The van der Waals surface area contributed by atoms with Gasteiger partial charge in [0.1, 0.15) is 11.6 Å². The van der Waals surface area contributed by atoms with E-state index in [-0.39, 0.29) is 11.7 Å². The van der Waals surface area contributed by atoms with E-state index in [9.17, 15) is 9.18 Å². The minimum Gasteiger partial charge on any atom is -0.494 e. The molecule has 0 aliphatic carbocycles. The summed E-state index contributed by atoms with van der Waals surface area (Å²) in [6, 6.07) is 12.3. The summed E-state index contributed by atoms with van der Waals surface area (Å²) in [4.78, 5) is 16.9. The summed E-state index contributed by atoms with van der Waals surface area (Å²) in [5.74, 6) is 0.521. The van der Waals surface area contributed by atoms with Crippen molar-refractivity contribution in [2.24, 2.45) is 0 Å². The number of halogens is 1. The lowest BCUT2D eigenvalue weighted by molar-refractivity contribution is 0.0746. The van der Waals surface area contributed by atoms with Gasteiger partial charge in [-0.15, -0.1) is 0 Å². The standard InChI is InChI=1S/C24H31FN2O3/c1-3-5-16-29-18-20-17-19(10-11-23(20)30-4-2)24(28)27-14-12-26(13-15-27)22-9-7-6-8-21(22)25/h6-11,17H,3-5,12-16,18H2,1-2H3. The second-order valence-electron chi connectivity index (χ2n) is 7.39. The molecular formula is C24H31FN2O3. The Kier molecular flexibility index (Phi) is 8.08. The zero-order valence-electron chi connectivity index (χ0n) is 17.9. The summed E-state index contributed by atoms with van der Waals surface area (Å²) < 4.78 is 25.5. The maximum Gasteiger partial charge on any atom is 0.253 e. The van der Waals surface area contributed by atoms with Crippen LogP contribution in [0.3, 0.4) is 0 Å². The van der Waals surface area contributed by atoms with Gasteiger partial charge in [-0.1, -0.05) is 25.5 Å². The summed E-state index contributed by atoms with van der Waals surface area (Å²) in [6.07, 6.45) is 2.09. The van der Waals surface area contributed by atoms with E-state index in [0.29, 0.717) is 57.3 Å². The van der Waals surface area contributed by atoms with Crippen LogP contribution < -0.4 is 9.64 Å². The van der Waals surface area contributed by atoms with E-state index >= 15 is 0 Å². The number of carbonyl (C=O) groups is 1. The van der Waals surface area contributed by atoms with Crippen molar-refractivity contribution in [3.8, 4) is 5.75 Å². The normalized spacial score (nSPS) is 14.1. The number of amides is 1. The molecule has 1 fully saturated rings. The van der Waals surface area contributed by atoms with Gasteiger partial charge < -0.3 is 19.3 Å². The van der Waals surface area contributed by atoms with Crippen LogP contribution in [-0.4, -0.2) is 50.2 Å². The van der Waals surface area contributed by atoms with Crippen LogP contribution >= 0.6 is 0 Å². The van der Waals surface area contributed by atoms with E-state index in [1.54, 1.807) is 12.1 Å². The number of para-hydroxylation sites is 1. The van der Waals surface area contributed by atoms with Crippen molar-refractivity contribution >= 4 is 11.6 Å². The predicted octanol–water partition coefficient (Wildman–Crippen LogP) is 4.50. The molecule has 162 valence electrons. The number of carbonyl (C=O) groups excluding carboxylic acids is 1. The maximum atomic E-state index is 14.0. The fraction of sp³-hybridized carbons (Fsp3) is 0.458. The zero-order valence-corrected chi connectivity index (χ0v) is 17.9. The van der Waals surface area contributed by atoms with Crippen molar-refractivity contribution in [1.29, 1.82) is 0 Å². The van der Waals surface area contributed by atoms with Crippen LogP contribution in [0.15, 0.2) is 42.5 Å². The smallest absolute Gasteiger partial charge is 0.253 e. The van der Waals surface area contributed by atoms with Crippen molar-refractivity contribution in [1.82, 2.24) is 4.90 Å². The number of hydrogen-bond acceptors (Lipinski definition) is 4. The first-order chi connectivity index (χ1) is 14.6. The lowest BCUT2D eigenvalue weighted by Crippen LogP contribution is -2.49. The molecule has 2 aromatic rings. The molecule has 0 aromatic heterocycles. The van der Waals surface area contributed by atoms with Crippen LogP contribution in [0.1, 0.15) is 42.6 Å². The van der Waals surface area contributed by atoms with Crippen LogP contribution in [0.25, 0.3) is 0 Å². The number of nitrogens with zero attached hydrogens (tertiary/aromatic N) is 2. The van der Waals surface area contributed by atoms with Crippen LogP contribution in [-0.2, 0) is 11.3 Å². The molecule has 1 aliphatic rings. The molecule has 2 aromatic carbocycles. The van der Waals surface area contributed by atoms with E-state index in [1.807, 2.05) is 41.0 Å². The van der Waals surface area contributed by atoms with Crippen molar-refractivity contribution in [3.05, 3.63) is 59.4 Å². The van der Waals surface area contributed by atoms with Crippen molar-refractivity contribution in [3.63, 3.8) is 0 Å². The molecule has 1 heterocycles. The predicted molar refractivity (Wildman–Crippen MR) is 117 cm³/mol. The highest BCUT2D eigenvalue weighted by Crippen LogP contribution is 2.24. The Hall–Kier alpha value is -2.60. The Labute approximate surface area is 178 Å². The van der Waals surface area contributed by atoms with Gasteiger partial charge in [0.25, 0.3) is 5.91 Å². The molecular weight excluding hydrogens is 383 g/mol. The number of hydrogen-bond donors (Lipinski definition) is 0. The molecule has 0 spiro atoms. The van der Waals surface area contributed by atoms with Crippen LogP contribution in [0.4, 0.5) is 10.1 Å². The van der Waals surface area contributed by atoms with Gasteiger partial charge in [0.15, 0.2) is 0 Å². The van der Waals surface area contributed by atoms with Crippen molar-refractivity contribution < 1.29 is 18.7 Å². The van der Waals surface area contributed by atoms with Gasteiger partial charge in [0.05, 0.1) is 18.9 Å². The SMILES string of the molecule is CCCCOCc1cc(C(=O)N2CCN(c3ccccc3F)CC2)ccc1OCC. The van der Waals surface area contributed by atoms with Gasteiger partial charge in [-0.05, 0) is 43.7 Å². The molecule has 5 nitrogen and oxygen atoms in total. The Morgan fingerprint density at radius 2 is 1.83 bits per heavy atom. The number of anilines is 1. The second kappa shape index (κ2) is 11.0. The van der Waals surface area contributed by atoms with E-state index in [1.165, 1.54) is 6.07 Å². The van der Waals surface area contributed by atoms with Gasteiger partial charge in [-0.25, -0.2) is 4.39 Å². The molecule has 1 amide bonds. The fourth-order valence-electron chi connectivity index (χ4n) is 3.59. The lowest BCUT2D eigenvalue weighted by Gasteiger charge is -2.36. The summed E-state index contributed by atoms with van der Waals surface area (Å²) in [5.41, 5.74) is 2.12. The number of rotatable bonds is 9. The van der Waals surface area contributed by atoms with Gasteiger partial charge in [0, 0.05) is 43.9 Å². The molecule has 0 unspecified atom stereocenters. The first kappa shape index (κ1) is 22.1. The third-order valence-corrected chi connectivity index (χ3v) is 5.27. The topological polar surface area (TPSA) is 42.0 Å². The summed E-state index contributed by atoms with van der Waals surface area (Å²) in [6.45, 7) is 8.08. The number of ether oxygens (including phenoxy) is 2. The molecule has 0 saturated carbocycles. The molecule has 0 radical (unpaired) electrons. The molecule has 3 rings (SSSR count). The molecule has 0 atom stereocenters. The highest BCUT2D eigenvalue weighted by Gasteiger charge is 2.24. The Balaban J connectivity index is 1.65.